The van der Waals surface area contributed by atoms with E-state index in [1.807, 2.05) is 25.4 Å². The molecule has 1 aromatic heterocycles. The molecule has 270 valence electrons. The van der Waals surface area contributed by atoms with Crippen molar-refractivity contribution in [3.8, 4) is 0 Å². The Labute approximate surface area is 298 Å². The highest BCUT2D eigenvalue weighted by Gasteiger charge is 2.44. The van der Waals surface area contributed by atoms with E-state index in [-0.39, 0.29) is 25.3 Å². The number of piperidine rings is 3. The average Bonchev–Trinajstić information content (AvgIpc) is 3.99. The Bertz CT molecular complexity index is 1700. The first-order valence-corrected chi connectivity index (χ1v) is 18.3. The van der Waals surface area contributed by atoms with Gasteiger partial charge in [-0.3, -0.25) is 24.6 Å². The first-order chi connectivity index (χ1) is 24.7. The van der Waals surface area contributed by atoms with Crippen LogP contribution in [0.2, 0.25) is 0 Å². The second-order valence-electron chi connectivity index (χ2n) is 14.8. The zero-order valence-electron chi connectivity index (χ0n) is 29.2. The summed E-state index contributed by atoms with van der Waals surface area (Å²) < 4.78 is 29.9. The van der Waals surface area contributed by atoms with Crippen LogP contribution in [0.25, 0.3) is 0 Å². The number of carbonyl (C=O) groups excluding carboxylic acids is 3. The number of nitrogens with zero attached hydrogens (tertiary/aromatic N) is 5. The summed E-state index contributed by atoms with van der Waals surface area (Å²) in [6.07, 6.45) is 7.50. The molecule has 2 N–H and O–H groups in total. The quantitative estimate of drug-likeness (QED) is 0.194. The van der Waals surface area contributed by atoms with Gasteiger partial charge in [-0.2, -0.15) is 0 Å². The minimum atomic E-state index is -2.55. The Kier molecular flexibility index (Phi) is 10.3. The van der Waals surface area contributed by atoms with Gasteiger partial charge >= 0.3 is 0 Å². The Balaban J connectivity index is 0.922. The van der Waals surface area contributed by atoms with E-state index in [0.717, 1.165) is 42.6 Å². The molecule has 51 heavy (non-hydrogen) atoms. The molecule has 0 radical (unpaired) electrons. The second kappa shape index (κ2) is 15.0. The largest absolute Gasteiger partial charge is 0.371 e. The Hall–Kier alpha value is -4.45. The molecule has 1 unspecified atom stereocenters. The number of rotatable bonds is 12. The van der Waals surface area contributed by atoms with Crippen LogP contribution in [0.1, 0.15) is 85.1 Å². The smallest absolute Gasteiger partial charge is 0.249 e. The summed E-state index contributed by atoms with van der Waals surface area (Å²) in [5, 5.41) is 5.80. The molecule has 7 rings (SSSR count). The predicted octanol–water partition coefficient (Wildman–Crippen LogP) is 5.31. The van der Waals surface area contributed by atoms with E-state index in [1.165, 1.54) is 29.0 Å². The highest BCUT2D eigenvalue weighted by molar-refractivity contribution is 6.00. The number of nitrogens with one attached hydrogen (secondary N) is 2. The standard InChI is InChI=1S/C39H47F2N7O3/c1-26-2-7-31(20-29(26)24-48(25-49)34-10-11-35(50)45-36(34)51)39(37(40)41)14-18-46(19-15-39)23-27-3-8-33(9-4-27)47-16-12-32(13-17-47)44-38-42-21-30(22-43-38)28-5-6-28/h2-4,7-9,20-22,25,28,32,34,37H,5-6,10-19,23-24H2,1H3,(H,42,43,44)(H,45,50,51). The lowest BCUT2D eigenvalue weighted by atomic mass is 9.72. The topological polar surface area (TPSA) is 111 Å². The van der Waals surface area contributed by atoms with Crippen molar-refractivity contribution in [1.29, 1.82) is 0 Å². The zero-order valence-corrected chi connectivity index (χ0v) is 29.2. The van der Waals surface area contributed by atoms with Crippen LogP contribution in [0.15, 0.2) is 54.9 Å². The lowest BCUT2D eigenvalue weighted by molar-refractivity contribution is -0.141. The molecule has 10 nitrogen and oxygen atoms in total. The number of amides is 3. The third kappa shape index (κ3) is 7.90. The molecule has 3 aromatic rings. The first-order valence-electron chi connectivity index (χ1n) is 18.3. The SMILES string of the molecule is Cc1ccc(C2(C(F)F)CCN(Cc3ccc(N4CCC(Nc5ncc(C6CC6)cn5)CC4)cc3)CC2)cc1CN(C=O)C1CCC(=O)NC1=O. The number of anilines is 2. The van der Waals surface area contributed by atoms with E-state index in [4.69, 9.17) is 0 Å². The molecule has 3 saturated heterocycles. The fourth-order valence-corrected chi connectivity index (χ4v) is 7.89. The molecule has 2 aromatic carbocycles. The first kappa shape index (κ1) is 35.0. The van der Waals surface area contributed by atoms with Crippen LogP contribution >= 0.6 is 0 Å². The summed E-state index contributed by atoms with van der Waals surface area (Å²) in [4.78, 5) is 51.1. The molecular weight excluding hydrogens is 652 g/mol. The number of likely N-dealkylation sites (tertiary alicyclic amines) is 1. The van der Waals surface area contributed by atoms with Crippen LogP contribution in [-0.2, 0) is 32.9 Å². The van der Waals surface area contributed by atoms with Crippen LogP contribution in [0.4, 0.5) is 20.4 Å². The van der Waals surface area contributed by atoms with Gasteiger partial charge in [-0.15, -0.1) is 0 Å². The number of benzene rings is 2. The van der Waals surface area contributed by atoms with E-state index >= 15 is 0 Å². The van der Waals surface area contributed by atoms with Gasteiger partial charge in [-0.05, 0) is 111 Å². The highest BCUT2D eigenvalue weighted by Crippen LogP contribution is 2.42. The van der Waals surface area contributed by atoms with Crippen LogP contribution < -0.4 is 15.5 Å². The van der Waals surface area contributed by atoms with E-state index in [2.05, 4.69) is 54.7 Å². The van der Waals surface area contributed by atoms with Crippen LogP contribution in [-0.4, -0.2) is 82.7 Å². The Morgan fingerprint density at radius 3 is 2.31 bits per heavy atom. The van der Waals surface area contributed by atoms with Gasteiger partial charge in [0.1, 0.15) is 6.04 Å². The minimum absolute atomic E-state index is 0.107. The third-order valence-electron chi connectivity index (χ3n) is 11.4. The van der Waals surface area contributed by atoms with Crippen molar-refractivity contribution in [3.05, 3.63) is 82.7 Å². The Morgan fingerprint density at radius 2 is 1.69 bits per heavy atom. The van der Waals surface area contributed by atoms with Crippen LogP contribution in [0.3, 0.4) is 0 Å². The molecule has 1 aliphatic carbocycles. The molecule has 12 heteroatoms. The summed E-state index contributed by atoms with van der Waals surface area (Å²) in [6, 6.07) is 13.6. The molecule has 3 aliphatic heterocycles. The predicted molar refractivity (Wildman–Crippen MR) is 190 cm³/mol. The van der Waals surface area contributed by atoms with Crippen molar-refractivity contribution < 1.29 is 23.2 Å². The van der Waals surface area contributed by atoms with Gasteiger partial charge in [0, 0.05) is 56.7 Å². The van der Waals surface area contributed by atoms with Gasteiger partial charge in [-0.25, -0.2) is 18.7 Å². The van der Waals surface area contributed by atoms with Crippen molar-refractivity contribution in [2.24, 2.45) is 0 Å². The lowest BCUT2D eigenvalue weighted by Crippen LogP contribution is -2.51. The second-order valence-corrected chi connectivity index (χ2v) is 14.8. The summed E-state index contributed by atoms with van der Waals surface area (Å²) in [5.41, 5.74) is 4.44. The summed E-state index contributed by atoms with van der Waals surface area (Å²) in [5.74, 6) is 0.501. The lowest BCUT2D eigenvalue weighted by Gasteiger charge is -2.42. The third-order valence-corrected chi connectivity index (χ3v) is 11.4. The van der Waals surface area contributed by atoms with E-state index < -0.39 is 23.8 Å². The molecule has 4 aliphatic rings. The van der Waals surface area contributed by atoms with E-state index in [0.29, 0.717) is 62.4 Å². The number of hydrogen-bond donors (Lipinski definition) is 2. The number of carbonyl (C=O) groups is 3. The van der Waals surface area contributed by atoms with Gasteiger partial charge in [0.25, 0.3) is 0 Å². The fraction of sp³-hybridized carbons (Fsp3) is 0.513. The molecule has 1 saturated carbocycles. The van der Waals surface area contributed by atoms with Crippen molar-refractivity contribution in [1.82, 2.24) is 25.1 Å². The molecule has 0 bridgehead atoms. The van der Waals surface area contributed by atoms with Crippen molar-refractivity contribution in [2.45, 2.75) is 101 Å². The summed E-state index contributed by atoms with van der Waals surface area (Å²) in [6.45, 7) is 5.66. The van der Waals surface area contributed by atoms with Crippen LogP contribution in [0.5, 0.6) is 0 Å². The Morgan fingerprint density at radius 1 is 0.980 bits per heavy atom. The number of imide groups is 1. The number of alkyl halides is 2. The van der Waals surface area contributed by atoms with Crippen LogP contribution in [0, 0.1) is 6.92 Å². The molecule has 4 heterocycles. The van der Waals surface area contributed by atoms with Gasteiger partial charge in [-0.1, -0.05) is 30.3 Å². The normalized spacial score (nSPS) is 21.4. The number of halogens is 2. The number of aryl methyl sites for hydroxylation is 1. The maximum Gasteiger partial charge on any atom is 0.249 e. The van der Waals surface area contributed by atoms with Gasteiger partial charge < -0.3 is 15.1 Å². The highest BCUT2D eigenvalue weighted by atomic mass is 19.3. The average molecular weight is 700 g/mol. The zero-order chi connectivity index (χ0) is 35.5. The molecule has 1 atom stereocenters. The van der Waals surface area contributed by atoms with E-state index in [9.17, 15) is 23.2 Å². The summed E-state index contributed by atoms with van der Waals surface area (Å²) in [7, 11) is 0. The number of hydrogen-bond acceptors (Lipinski definition) is 8. The van der Waals surface area contributed by atoms with Crippen molar-refractivity contribution >= 4 is 29.9 Å². The monoisotopic (exact) mass is 699 g/mol. The van der Waals surface area contributed by atoms with Crippen molar-refractivity contribution in [3.63, 3.8) is 0 Å². The fourth-order valence-electron chi connectivity index (χ4n) is 7.89. The number of aromatic nitrogens is 2. The minimum Gasteiger partial charge on any atom is -0.371 e. The summed E-state index contributed by atoms with van der Waals surface area (Å²) >= 11 is 0. The molecular formula is C39H47F2N7O3. The van der Waals surface area contributed by atoms with E-state index in [1.54, 1.807) is 12.1 Å². The van der Waals surface area contributed by atoms with Gasteiger partial charge in [0.05, 0.1) is 5.41 Å². The maximum absolute atomic E-state index is 15.0. The van der Waals surface area contributed by atoms with Gasteiger partial charge in [0.15, 0.2) is 0 Å². The maximum atomic E-state index is 15.0. The van der Waals surface area contributed by atoms with Gasteiger partial charge in [0.2, 0.25) is 30.6 Å². The van der Waals surface area contributed by atoms with Crippen molar-refractivity contribution in [2.75, 3.05) is 36.4 Å². The molecule has 4 fully saturated rings. The molecule has 0 spiro atoms. The molecule has 3 amide bonds.